The minimum atomic E-state index is -3.47. The molecular formula is C22H33N3O4S. The zero-order valence-electron chi connectivity index (χ0n) is 17.8. The fourth-order valence-corrected chi connectivity index (χ4v) is 5.77. The van der Waals surface area contributed by atoms with Gasteiger partial charge in [-0.05, 0) is 31.2 Å². The van der Waals surface area contributed by atoms with E-state index in [0.29, 0.717) is 38.9 Å². The van der Waals surface area contributed by atoms with Crippen molar-refractivity contribution in [3.63, 3.8) is 0 Å². The molecule has 3 rings (SSSR count). The van der Waals surface area contributed by atoms with E-state index in [9.17, 15) is 18.0 Å². The second-order valence-electron chi connectivity index (χ2n) is 8.34. The molecule has 1 aromatic rings. The number of nitrogens with one attached hydrogen (secondary N) is 1. The Bertz CT molecular complexity index is 828. The molecule has 0 radical (unpaired) electrons. The lowest BCUT2D eigenvalue weighted by Crippen LogP contribution is -2.55. The fourth-order valence-electron chi connectivity index (χ4n) is 4.61. The predicted molar refractivity (Wildman–Crippen MR) is 116 cm³/mol. The van der Waals surface area contributed by atoms with Crippen LogP contribution in [0.15, 0.2) is 30.3 Å². The molecule has 1 saturated carbocycles. The van der Waals surface area contributed by atoms with Crippen LogP contribution in [0.4, 0.5) is 0 Å². The van der Waals surface area contributed by atoms with Crippen LogP contribution in [0.3, 0.4) is 0 Å². The van der Waals surface area contributed by atoms with E-state index in [-0.39, 0.29) is 30.3 Å². The third-order valence-corrected chi connectivity index (χ3v) is 7.49. The van der Waals surface area contributed by atoms with Gasteiger partial charge in [-0.2, -0.15) is 4.31 Å². The number of hydrogen-bond donors (Lipinski definition) is 1. The van der Waals surface area contributed by atoms with Crippen molar-refractivity contribution in [2.45, 2.75) is 51.0 Å². The number of amides is 2. The fraction of sp³-hybridized carbons (Fsp3) is 0.636. The monoisotopic (exact) mass is 435 g/mol. The predicted octanol–water partition coefficient (Wildman–Crippen LogP) is 1.79. The average molecular weight is 436 g/mol. The first-order valence-corrected chi connectivity index (χ1v) is 12.8. The normalized spacial score (nSPS) is 24.0. The van der Waals surface area contributed by atoms with Crippen LogP contribution >= 0.6 is 0 Å². The van der Waals surface area contributed by atoms with Gasteiger partial charge in [0.25, 0.3) is 0 Å². The summed E-state index contributed by atoms with van der Waals surface area (Å²) in [6.07, 6.45) is 6.45. The van der Waals surface area contributed by atoms with E-state index in [1.165, 1.54) is 16.1 Å². The van der Waals surface area contributed by atoms with Crippen LogP contribution in [0.5, 0.6) is 0 Å². The van der Waals surface area contributed by atoms with Gasteiger partial charge in [-0.3, -0.25) is 9.59 Å². The van der Waals surface area contributed by atoms with Gasteiger partial charge in [-0.25, -0.2) is 8.42 Å². The number of hydrogen-bond acceptors (Lipinski definition) is 4. The Balaban J connectivity index is 1.66. The van der Waals surface area contributed by atoms with Crippen molar-refractivity contribution in [2.75, 3.05) is 32.4 Å². The summed E-state index contributed by atoms with van der Waals surface area (Å²) in [5, 5.41) is 2.94. The topological polar surface area (TPSA) is 86.8 Å². The van der Waals surface area contributed by atoms with Crippen LogP contribution in [-0.4, -0.2) is 67.9 Å². The molecule has 0 aromatic heterocycles. The summed E-state index contributed by atoms with van der Waals surface area (Å²) in [4.78, 5) is 27.2. The second-order valence-corrected chi connectivity index (χ2v) is 10.3. The molecule has 2 amide bonds. The highest BCUT2D eigenvalue weighted by molar-refractivity contribution is 7.88. The highest BCUT2D eigenvalue weighted by atomic mass is 32.2. The first-order chi connectivity index (χ1) is 14.4. The van der Waals surface area contributed by atoms with E-state index >= 15 is 0 Å². The maximum atomic E-state index is 12.8. The molecule has 1 aliphatic carbocycles. The van der Waals surface area contributed by atoms with Gasteiger partial charge >= 0.3 is 0 Å². The molecule has 30 heavy (non-hydrogen) atoms. The van der Waals surface area contributed by atoms with Crippen LogP contribution in [0.1, 0.15) is 44.1 Å². The van der Waals surface area contributed by atoms with Gasteiger partial charge in [0, 0.05) is 38.6 Å². The molecule has 2 aliphatic rings. The summed E-state index contributed by atoms with van der Waals surface area (Å²) in [6, 6.07) is 9.73. The Labute approximate surface area is 179 Å². The molecule has 0 bridgehead atoms. The van der Waals surface area contributed by atoms with Crippen molar-refractivity contribution in [3.8, 4) is 0 Å². The van der Waals surface area contributed by atoms with E-state index in [1.54, 1.807) is 4.90 Å². The molecule has 0 unspecified atom stereocenters. The van der Waals surface area contributed by atoms with E-state index in [1.807, 2.05) is 30.3 Å². The Morgan fingerprint density at radius 2 is 1.83 bits per heavy atom. The number of nitrogens with zero attached hydrogens (tertiary/aromatic N) is 2. The van der Waals surface area contributed by atoms with Crippen molar-refractivity contribution in [3.05, 3.63) is 35.9 Å². The maximum Gasteiger partial charge on any atom is 0.224 e. The lowest BCUT2D eigenvalue weighted by molar-refractivity contribution is -0.133. The average Bonchev–Trinajstić information content (AvgIpc) is 2.72. The van der Waals surface area contributed by atoms with E-state index in [4.69, 9.17) is 0 Å². The Morgan fingerprint density at radius 3 is 2.57 bits per heavy atom. The lowest BCUT2D eigenvalue weighted by atomic mass is 9.83. The van der Waals surface area contributed by atoms with Gasteiger partial charge in [-0.1, -0.05) is 43.2 Å². The number of rotatable bonds is 5. The van der Waals surface area contributed by atoms with Crippen LogP contribution in [0.25, 0.3) is 0 Å². The summed E-state index contributed by atoms with van der Waals surface area (Å²) in [6.45, 7) is 1.42. The molecule has 8 heteroatoms. The van der Waals surface area contributed by atoms with Crippen molar-refractivity contribution in [1.82, 2.24) is 14.5 Å². The van der Waals surface area contributed by atoms with Gasteiger partial charge in [0.2, 0.25) is 21.8 Å². The molecule has 1 heterocycles. The molecule has 0 spiro atoms. The number of fused-ring (bicyclic) bond motifs is 1. The van der Waals surface area contributed by atoms with Crippen molar-refractivity contribution >= 4 is 21.8 Å². The minimum absolute atomic E-state index is 0.00870. The first-order valence-electron chi connectivity index (χ1n) is 10.9. The number of benzene rings is 1. The van der Waals surface area contributed by atoms with Gasteiger partial charge in [0.15, 0.2) is 0 Å². The van der Waals surface area contributed by atoms with Crippen LogP contribution < -0.4 is 5.32 Å². The van der Waals surface area contributed by atoms with Crippen molar-refractivity contribution in [1.29, 1.82) is 0 Å². The SMILES string of the molecule is CS(=O)(=O)N1CCN(C(=O)CCCc2ccccc2)CCNC(=O)[C@H]2CCCC[C@H]21. The minimum Gasteiger partial charge on any atom is -0.354 e. The summed E-state index contributed by atoms with van der Waals surface area (Å²) < 4.78 is 26.5. The number of sulfonamides is 1. The first kappa shape index (κ1) is 22.7. The van der Waals surface area contributed by atoms with Crippen LogP contribution in [-0.2, 0) is 26.0 Å². The van der Waals surface area contributed by atoms with Crippen LogP contribution in [0, 0.1) is 5.92 Å². The molecule has 7 nitrogen and oxygen atoms in total. The molecule has 1 aliphatic heterocycles. The van der Waals surface area contributed by atoms with Gasteiger partial charge < -0.3 is 10.2 Å². The summed E-state index contributed by atoms with van der Waals surface area (Å²) in [5.41, 5.74) is 1.20. The molecule has 166 valence electrons. The molecule has 2 fully saturated rings. The molecule has 2 atom stereocenters. The number of aryl methyl sites for hydroxylation is 1. The smallest absolute Gasteiger partial charge is 0.224 e. The third-order valence-electron chi connectivity index (χ3n) is 6.19. The van der Waals surface area contributed by atoms with Gasteiger partial charge in [-0.15, -0.1) is 0 Å². The van der Waals surface area contributed by atoms with Crippen molar-refractivity contribution < 1.29 is 18.0 Å². The van der Waals surface area contributed by atoms with Gasteiger partial charge in [0.05, 0.1) is 12.2 Å². The highest BCUT2D eigenvalue weighted by Gasteiger charge is 2.39. The number of carbonyl (C=O) groups is 2. The largest absolute Gasteiger partial charge is 0.354 e. The van der Waals surface area contributed by atoms with E-state index < -0.39 is 10.0 Å². The third kappa shape index (κ3) is 6.04. The van der Waals surface area contributed by atoms with Crippen molar-refractivity contribution in [2.24, 2.45) is 5.92 Å². The lowest BCUT2D eigenvalue weighted by Gasteiger charge is -2.39. The number of carbonyl (C=O) groups excluding carboxylic acids is 2. The highest BCUT2D eigenvalue weighted by Crippen LogP contribution is 2.30. The molecule has 1 N–H and O–H groups in total. The Morgan fingerprint density at radius 1 is 1.10 bits per heavy atom. The summed E-state index contributed by atoms with van der Waals surface area (Å²) in [5.74, 6) is -0.386. The van der Waals surface area contributed by atoms with E-state index in [2.05, 4.69) is 5.32 Å². The zero-order valence-corrected chi connectivity index (χ0v) is 18.6. The summed E-state index contributed by atoms with van der Waals surface area (Å²) >= 11 is 0. The Kier molecular flexibility index (Phi) is 7.88. The summed E-state index contributed by atoms with van der Waals surface area (Å²) in [7, 11) is -3.47. The molecule has 1 saturated heterocycles. The zero-order chi connectivity index (χ0) is 21.6. The van der Waals surface area contributed by atoms with E-state index in [0.717, 1.165) is 25.7 Å². The molecular weight excluding hydrogens is 402 g/mol. The van der Waals surface area contributed by atoms with Gasteiger partial charge in [0.1, 0.15) is 0 Å². The standard InChI is InChI=1S/C22H33N3O4S/c1-30(28,29)25-17-16-24(21(26)13-7-10-18-8-3-2-4-9-18)15-14-23-22(27)19-11-5-6-12-20(19)25/h2-4,8-9,19-20H,5-7,10-17H2,1H3,(H,23,27)/t19-,20+/m0/s1. The molecule has 1 aromatic carbocycles. The second kappa shape index (κ2) is 10.4. The van der Waals surface area contributed by atoms with Crippen LogP contribution in [0.2, 0.25) is 0 Å². The quantitative estimate of drug-likeness (QED) is 0.764. The Hall–Kier alpha value is -1.93. The maximum absolute atomic E-state index is 12.8.